The lowest BCUT2D eigenvalue weighted by Crippen LogP contribution is -2.41. The van der Waals surface area contributed by atoms with Crippen LogP contribution >= 0.6 is 0 Å². The summed E-state index contributed by atoms with van der Waals surface area (Å²) in [4.78, 5) is 39.5. The minimum absolute atomic E-state index is 0.00548. The van der Waals surface area contributed by atoms with E-state index in [-0.39, 0.29) is 30.9 Å². The van der Waals surface area contributed by atoms with Gasteiger partial charge in [-0.25, -0.2) is 15.1 Å². The van der Waals surface area contributed by atoms with E-state index in [0.717, 1.165) is 35.1 Å². The summed E-state index contributed by atoms with van der Waals surface area (Å²) in [5, 5.41) is 11.3. The summed E-state index contributed by atoms with van der Waals surface area (Å²) in [5.41, 5.74) is 6.65. The number of ether oxygens (including phenoxy) is 1. The molecular formula is C23H24N2O6. The number of carboxylic acid groups (broad SMARTS) is 1. The minimum atomic E-state index is -1.18. The number of hydroxylamine groups is 1. The molecule has 2 aromatic carbocycles. The average molecular weight is 424 g/mol. The Morgan fingerprint density at radius 3 is 2.19 bits per heavy atom. The SMILES string of the molecule is O=C(O)CONC(=O)CC(NC(=O)OCC1c2ccccc2-c2ccccc21)C1CC1. The van der Waals surface area contributed by atoms with Gasteiger partial charge in [0.2, 0.25) is 5.91 Å². The molecule has 4 rings (SSSR count). The second kappa shape index (κ2) is 9.18. The number of aliphatic carboxylic acids is 1. The van der Waals surface area contributed by atoms with Crippen molar-refractivity contribution in [1.82, 2.24) is 10.8 Å². The van der Waals surface area contributed by atoms with Gasteiger partial charge in [-0.3, -0.25) is 9.63 Å². The number of carboxylic acids is 1. The molecule has 0 aliphatic heterocycles. The molecule has 1 unspecified atom stereocenters. The van der Waals surface area contributed by atoms with Crippen LogP contribution in [0.5, 0.6) is 0 Å². The topological polar surface area (TPSA) is 114 Å². The van der Waals surface area contributed by atoms with Gasteiger partial charge in [0.25, 0.3) is 0 Å². The number of alkyl carbamates (subject to hydrolysis) is 1. The number of benzene rings is 2. The van der Waals surface area contributed by atoms with Crippen molar-refractivity contribution in [3.8, 4) is 11.1 Å². The maximum absolute atomic E-state index is 12.5. The molecule has 0 bridgehead atoms. The van der Waals surface area contributed by atoms with E-state index in [1.807, 2.05) is 24.3 Å². The lowest BCUT2D eigenvalue weighted by atomic mass is 9.98. The van der Waals surface area contributed by atoms with Crippen LogP contribution in [0.3, 0.4) is 0 Å². The molecule has 0 radical (unpaired) electrons. The molecule has 0 spiro atoms. The van der Waals surface area contributed by atoms with Gasteiger partial charge in [-0.1, -0.05) is 48.5 Å². The molecule has 162 valence electrons. The number of hydrogen-bond acceptors (Lipinski definition) is 5. The van der Waals surface area contributed by atoms with E-state index in [1.165, 1.54) is 0 Å². The zero-order chi connectivity index (χ0) is 21.8. The summed E-state index contributed by atoms with van der Waals surface area (Å²) >= 11 is 0. The van der Waals surface area contributed by atoms with Gasteiger partial charge in [0.15, 0.2) is 6.61 Å². The van der Waals surface area contributed by atoms with Crippen molar-refractivity contribution in [1.29, 1.82) is 0 Å². The molecule has 8 nitrogen and oxygen atoms in total. The van der Waals surface area contributed by atoms with Gasteiger partial charge in [-0.15, -0.1) is 0 Å². The third-order valence-electron chi connectivity index (χ3n) is 5.62. The smallest absolute Gasteiger partial charge is 0.407 e. The van der Waals surface area contributed by atoms with E-state index < -0.39 is 24.6 Å². The average Bonchev–Trinajstić information content (AvgIpc) is 3.55. The normalized spacial score (nSPS) is 15.5. The third kappa shape index (κ3) is 5.03. The van der Waals surface area contributed by atoms with Crippen LogP contribution < -0.4 is 10.8 Å². The molecule has 1 fully saturated rings. The first kappa shape index (κ1) is 20.9. The van der Waals surface area contributed by atoms with Crippen LogP contribution in [-0.4, -0.2) is 42.3 Å². The quantitative estimate of drug-likeness (QED) is 0.534. The molecule has 31 heavy (non-hydrogen) atoms. The van der Waals surface area contributed by atoms with Crippen molar-refractivity contribution < 1.29 is 29.1 Å². The predicted octanol–water partition coefficient (Wildman–Crippen LogP) is 2.83. The van der Waals surface area contributed by atoms with Crippen molar-refractivity contribution >= 4 is 18.0 Å². The van der Waals surface area contributed by atoms with Crippen molar-refractivity contribution in [2.24, 2.45) is 5.92 Å². The van der Waals surface area contributed by atoms with Crippen LogP contribution in [0.15, 0.2) is 48.5 Å². The van der Waals surface area contributed by atoms with Gasteiger partial charge in [0.05, 0.1) is 0 Å². The van der Waals surface area contributed by atoms with Crippen molar-refractivity contribution in [3.05, 3.63) is 59.7 Å². The molecule has 2 aliphatic carbocycles. The Labute approximate surface area is 179 Å². The van der Waals surface area contributed by atoms with Crippen molar-refractivity contribution in [2.45, 2.75) is 31.2 Å². The zero-order valence-electron chi connectivity index (χ0n) is 16.9. The van der Waals surface area contributed by atoms with Crippen molar-refractivity contribution in [2.75, 3.05) is 13.2 Å². The molecule has 3 N–H and O–H groups in total. The number of amides is 2. The molecule has 1 atom stereocenters. The lowest BCUT2D eigenvalue weighted by Gasteiger charge is -2.19. The molecule has 2 amide bonds. The Balaban J connectivity index is 1.33. The van der Waals surface area contributed by atoms with Crippen LogP contribution in [-0.2, 0) is 19.2 Å². The number of nitrogens with one attached hydrogen (secondary N) is 2. The highest BCUT2D eigenvalue weighted by Gasteiger charge is 2.35. The largest absolute Gasteiger partial charge is 0.479 e. The van der Waals surface area contributed by atoms with Gasteiger partial charge >= 0.3 is 12.1 Å². The van der Waals surface area contributed by atoms with Gasteiger partial charge in [-0.2, -0.15) is 0 Å². The summed E-state index contributed by atoms with van der Waals surface area (Å²) in [6.07, 6.45) is 1.25. The number of carbonyl (C=O) groups is 3. The molecule has 0 aromatic heterocycles. The highest BCUT2D eigenvalue weighted by Crippen LogP contribution is 2.44. The molecule has 1 saturated carbocycles. The molecule has 2 aliphatic rings. The minimum Gasteiger partial charge on any atom is -0.479 e. The van der Waals surface area contributed by atoms with E-state index in [0.29, 0.717) is 0 Å². The number of fused-ring (bicyclic) bond motifs is 3. The fourth-order valence-corrected chi connectivity index (χ4v) is 4.05. The fraction of sp³-hybridized carbons (Fsp3) is 0.348. The second-order valence-electron chi connectivity index (χ2n) is 7.83. The van der Waals surface area contributed by atoms with E-state index in [9.17, 15) is 14.4 Å². The van der Waals surface area contributed by atoms with Gasteiger partial charge in [0, 0.05) is 18.4 Å². The second-order valence-corrected chi connectivity index (χ2v) is 7.83. The molecule has 2 aromatic rings. The molecule has 0 saturated heterocycles. The summed E-state index contributed by atoms with van der Waals surface area (Å²) in [6.45, 7) is -0.426. The maximum Gasteiger partial charge on any atom is 0.407 e. The Morgan fingerprint density at radius 1 is 1.00 bits per heavy atom. The number of hydrogen-bond donors (Lipinski definition) is 3. The molecule has 0 heterocycles. The van der Waals surface area contributed by atoms with Gasteiger partial charge in [-0.05, 0) is 41.0 Å². The van der Waals surface area contributed by atoms with Crippen LogP contribution in [0.4, 0.5) is 4.79 Å². The summed E-state index contributed by atoms with van der Waals surface area (Å²) in [7, 11) is 0. The number of rotatable bonds is 9. The Kier molecular flexibility index (Phi) is 6.18. The van der Waals surface area contributed by atoms with E-state index >= 15 is 0 Å². The Morgan fingerprint density at radius 2 is 1.61 bits per heavy atom. The van der Waals surface area contributed by atoms with Gasteiger partial charge in [0.1, 0.15) is 6.61 Å². The van der Waals surface area contributed by atoms with E-state index in [2.05, 4.69) is 39.9 Å². The third-order valence-corrected chi connectivity index (χ3v) is 5.62. The zero-order valence-corrected chi connectivity index (χ0v) is 16.9. The van der Waals surface area contributed by atoms with Crippen LogP contribution in [0, 0.1) is 5.92 Å². The highest BCUT2D eigenvalue weighted by atomic mass is 16.7. The van der Waals surface area contributed by atoms with E-state index in [1.54, 1.807) is 0 Å². The molecule has 8 heteroatoms. The standard InChI is InChI=1S/C23H24N2O6/c26-21(25-31-13-22(27)28)11-20(14-9-10-14)24-23(29)30-12-19-17-7-3-1-5-15(17)16-6-2-4-8-18(16)19/h1-8,14,19-20H,9-13H2,(H,24,29)(H,25,26)(H,27,28). The summed E-state index contributed by atoms with van der Waals surface area (Å²) in [6, 6.07) is 15.8. The Hall–Kier alpha value is -3.39. The van der Waals surface area contributed by atoms with Crippen molar-refractivity contribution in [3.63, 3.8) is 0 Å². The monoisotopic (exact) mass is 424 g/mol. The first-order valence-corrected chi connectivity index (χ1v) is 10.3. The van der Waals surface area contributed by atoms with Crippen LogP contribution in [0.1, 0.15) is 36.3 Å². The molecular weight excluding hydrogens is 400 g/mol. The summed E-state index contributed by atoms with van der Waals surface area (Å²) in [5.74, 6) is -1.51. The predicted molar refractivity (Wildman–Crippen MR) is 111 cm³/mol. The lowest BCUT2D eigenvalue weighted by molar-refractivity contribution is -0.149. The highest BCUT2D eigenvalue weighted by molar-refractivity contribution is 5.79. The first-order valence-electron chi connectivity index (χ1n) is 10.3. The fourth-order valence-electron chi connectivity index (χ4n) is 4.05. The number of carbonyl (C=O) groups excluding carboxylic acids is 2. The van der Waals surface area contributed by atoms with Gasteiger partial charge < -0.3 is 15.2 Å². The van der Waals surface area contributed by atoms with Crippen LogP contribution in [0.25, 0.3) is 11.1 Å². The maximum atomic E-state index is 12.5. The van der Waals surface area contributed by atoms with Crippen LogP contribution in [0.2, 0.25) is 0 Å². The van der Waals surface area contributed by atoms with E-state index in [4.69, 9.17) is 9.84 Å². The summed E-state index contributed by atoms with van der Waals surface area (Å²) < 4.78 is 5.55. The first-order chi connectivity index (χ1) is 15.0. The Bertz CT molecular complexity index is 942.